The number of amides is 1. The Morgan fingerprint density at radius 3 is 3.19 bits per heavy atom. The predicted molar refractivity (Wildman–Crippen MR) is 57.9 cm³/mol. The third kappa shape index (κ3) is 2.91. The Balaban J connectivity index is 1.89. The zero-order valence-corrected chi connectivity index (χ0v) is 9.63. The van der Waals surface area contributed by atoms with Gasteiger partial charge in [0.1, 0.15) is 6.04 Å². The second-order valence-corrected chi connectivity index (χ2v) is 4.27. The van der Waals surface area contributed by atoms with Crippen LogP contribution < -0.4 is 0 Å². The monoisotopic (exact) mass is 226 g/mol. The van der Waals surface area contributed by atoms with Crippen LogP contribution in [0.4, 0.5) is 0 Å². The molecule has 1 saturated heterocycles. The molecule has 16 heavy (non-hydrogen) atoms. The number of ether oxygens (including phenoxy) is 1. The number of carbonyl (C=O) groups excluding carboxylic acids is 1. The summed E-state index contributed by atoms with van der Waals surface area (Å²) >= 11 is 0. The predicted octanol–water partition coefficient (Wildman–Crippen LogP) is 0.307. The lowest BCUT2D eigenvalue weighted by Crippen LogP contribution is -2.33. The maximum absolute atomic E-state index is 11.6. The van der Waals surface area contributed by atoms with Crippen molar-refractivity contribution in [1.82, 2.24) is 9.91 Å². The second kappa shape index (κ2) is 5.25. The van der Waals surface area contributed by atoms with Crippen LogP contribution in [0.1, 0.15) is 12.8 Å². The van der Waals surface area contributed by atoms with Gasteiger partial charge >= 0.3 is 0 Å². The van der Waals surface area contributed by atoms with Crippen LogP contribution in [0.15, 0.2) is 10.3 Å². The number of carbonyl (C=O) groups is 1. The molecule has 0 N–H and O–H groups in total. The quantitative estimate of drug-likeness (QED) is 0.597. The highest BCUT2D eigenvalue weighted by Crippen LogP contribution is 2.11. The summed E-state index contributed by atoms with van der Waals surface area (Å²) in [5, 5.41) is 10.1. The lowest BCUT2D eigenvalue weighted by molar-refractivity contribution is -0.130. The largest absolute Gasteiger partial charge is 0.377 e. The van der Waals surface area contributed by atoms with Gasteiger partial charge in [-0.2, -0.15) is 5.11 Å². The van der Waals surface area contributed by atoms with Crippen LogP contribution in [0.5, 0.6) is 0 Å². The average Bonchev–Trinajstić information content (AvgIpc) is 2.71. The zero-order chi connectivity index (χ0) is 11.4. The molecular weight excluding hydrogens is 208 g/mol. The van der Waals surface area contributed by atoms with Gasteiger partial charge in [-0.05, 0) is 6.42 Å². The highest BCUT2D eigenvalue weighted by molar-refractivity contribution is 5.75. The first-order valence-electron chi connectivity index (χ1n) is 5.73. The van der Waals surface area contributed by atoms with E-state index in [0.29, 0.717) is 26.2 Å². The second-order valence-electron chi connectivity index (χ2n) is 4.27. The van der Waals surface area contributed by atoms with Gasteiger partial charge in [-0.15, -0.1) is 0 Å². The van der Waals surface area contributed by atoms with Crippen molar-refractivity contribution in [3.63, 3.8) is 0 Å². The Bertz CT molecular complexity index is 280. The van der Waals surface area contributed by atoms with Crippen LogP contribution in [0.25, 0.3) is 0 Å². The van der Waals surface area contributed by atoms with Gasteiger partial charge in [-0.1, -0.05) is 5.22 Å². The van der Waals surface area contributed by atoms with Crippen molar-refractivity contribution in [3.05, 3.63) is 0 Å². The number of hydrogen-bond acceptors (Lipinski definition) is 5. The fourth-order valence-electron chi connectivity index (χ4n) is 1.83. The van der Waals surface area contributed by atoms with E-state index in [1.807, 2.05) is 12.1 Å². The molecule has 1 fully saturated rings. The van der Waals surface area contributed by atoms with E-state index in [2.05, 4.69) is 10.3 Å². The highest BCUT2D eigenvalue weighted by atomic mass is 16.5. The van der Waals surface area contributed by atoms with Gasteiger partial charge in [0, 0.05) is 26.6 Å². The molecule has 2 aliphatic heterocycles. The van der Waals surface area contributed by atoms with Gasteiger partial charge in [-0.3, -0.25) is 9.80 Å². The van der Waals surface area contributed by atoms with Gasteiger partial charge in [-0.25, -0.2) is 0 Å². The van der Waals surface area contributed by atoms with E-state index in [4.69, 9.17) is 4.74 Å². The van der Waals surface area contributed by atoms with E-state index >= 15 is 0 Å². The highest BCUT2D eigenvalue weighted by Gasteiger charge is 2.20. The summed E-state index contributed by atoms with van der Waals surface area (Å²) in [5.74, 6) is 0.178. The molecule has 2 rings (SSSR count). The molecule has 6 nitrogen and oxygen atoms in total. The molecule has 0 aromatic rings. The number of hydrogen-bond donors (Lipinski definition) is 0. The van der Waals surface area contributed by atoms with Crippen molar-refractivity contribution in [1.29, 1.82) is 0 Å². The molecule has 1 atom stereocenters. The fraction of sp³-hybridized carbons (Fsp3) is 0.900. The van der Waals surface area contributed by atoms with Crippen LogP contribution >= 0.6 is 0 Å². The lowest BCUT2D eigenvalue weighted by Gasteiger charge is -2.20. The van der Waals surface area contributed by atoms with Gasteiger partial charge in [0.2, 0.25) is 5.91 Å². The van der Waals surface area contributed by atoms with Gasteiger partial charge in [0.15, 0.2) is 0 Å². The standard InChI is InChI=1S/C10H18N4O2/c1-13-5-6-16-8-9-7-14(12-11-9)4-2-3-10(13)15/h9H,2-8H2,1H3. The van der Waals surface area contributed by atoms with E-state index < -0.39 is 0 Å². The number of rotatable bonds is 0. The molecule has 1 amide bonds. The minimum Gasteiger partial charge on any atom is -0.377 e. The van der Waals surface area contributed by atoms with Crippen molar-refractivity contribution in [2.75, 3.05) is 39.9 Å². The van der Waals surface area contributed by atoms with Crippen LogP contribution in [-0.4, -0.2) is 61.8 Å². The van der Waals surface area contributed by atoms with Crippen molar-refractivity contribution >= 4 is 5.91 Å². The molecule has 1 unspecified atom stereocenters. The molecule has 0 saturated carbocycles. The van der Waals surface area contributed by atoms with E-state index in [1.165, 1.54) is 0 Å². The van der Waals surface area contributed by atoms with Gasteiger partial charge in [0.25, 0.3) is 0 Å². The van der Waals surface area contributed by atoms with Crippen molar-refractivity contribution in [2.45, 2.75) is 18.9 Å². The smallest absolute Gasteiger partial charge is 0.222 e. The van der Waals surface area contributed by atoms with E-state index in [0.717, 1.165) is 19.5 Å². The zero-order valence-electron chi connectivity index (χ0n) is 9.63. The molecule has 0 aliphatic carbocycles. The van der Waals surface area contributed by atoms with Gasteiger partial charge < -0.3 is 9.64 Å². The van der Waals surface area contributed by atoms with Crippen molar-refractivity contribution < 1.29 is 9.53 Å². The summed E-state index contributed by atoms with van der Waals surface area (Å²) < 4.78 is 5.48. The lowest BCUT2D eigenvalue weighted by atomic mass is 10.2. The molecule has 2 heterocycles. The third-order valence-corrected chi connectivity index (χ3v) is 2.88. The summed E-state index contributed by atoms with van der Waals surface area (Å²) in [6.45, 7) is 3.46. The molecule has 6 heteroatoms. The first kappa shape index (κ1) is 11.3. The normalized spacial score (nSPS) is 27.8. The first-order valence-corrected chi connectivity index (χ1v) is 5.73. The Morgan fingerprint density at radius 1 is 1.44 bits per heavy atom. The van der Waals surface area contributed by atoms with E-state index in [1.54, 1.807) is 4.90 Å². The number of likely N-dealkylation sites (N-methyl/N-ethyl adjacent to an activating group) is 1. The maximum Gasteiger partial charge on any atom is 0.222 e. The summed E-state index contributed by atoms with van der Waals surface area (Å²) in [5.41, 5.74) is 0. The minimum atomic E-state index is 0.167. The molecule has 0 aromatic heterocycles. The summed E-state index contributed by atoms with van der Waals surface area (Å²) in [6.07, 6.45) is 1.42. The fourth-order valence-corrected chi connectivity index (χ4v) is 1.83. The van der Waals surface area contributed by atoms with E-state index in [9.17, 15) is 4.79 Å². The molecular formula is C10H18N4O2. The van der Waals surface area contributed by atoms with Crippen LogP contribution in [0.2, 0.25) is 0 Å². The Labute approximate surface area is 95.2 Å². The SMILES string of the molecule is CN1CCOCC2CN(CCCC1=O)N=N2. The summed E-state index contributed by atoms with van der Waals surface area (Å²) in [6, 6.07) is 0.167. The van der Waals surface area contributed by atoms with Crippen molar-refractivity contribution in [3.8, 4) is 0 Å². The minimum absolute atomic E-state index is 0.167. The molecule has 2 aliphatic rings. The van der Waals surface area contributed by atoms with Crippen LogP contribution in [0, 0.1) is 0 Å². The van der Waals surface area contributed by atoms with Gasteiger partial charge in [0.05, 0.1) is 19.8 Å². The Kier molecular flexibility index (Phi) is 3.71. The average molecular weight is 226 g/mol. The molecule has 2 bridgehead atoms. The third-order valence-electron chi connectivity index (χ3n) is 2.88. The topological polar surface area (TPSA) is 57.5 Å². The number of nitrogens with zero attached hydrogens (tertiary/aromatic N) is 4. The molecule has 90 valence electrons. The van der Waals surface area contributed by atoms with Crippen LogP contribution in [-0.2, 0) is 9.53 Å². The van der Waals surface area contributed by atoms with Crippen molar-refractivity contribution in [2.24, 2.45) is 10.3 Å². The molecule has 0 aromatic carbocycles. The van der Waals surface area contributed by atoms with E-state index in [-0.39, 0.29) is 11.9 Å². The Hall–Kier alpha value is -1.17. The molecule has 0 spiro atoms. The molecule has 0 radical (unpaired) electrons. The summed E-state index contributed by atoms with van der Waals surface area (Å²) in [4.78, 5) is 13.4. The number of fused-ring (bicyclic) bond motifs is 2. The van der Waals surface area contributed by atoms with Crippen LogP contribution in [0.3, 0.4) is 0 Å². The maximum atomic E-state index is 11.6. The Morgan fingerprint density at radius 2 is 2.31 bits per heavy atom. The first-order chi connectivity index (χ1) is 7.75. The summed E-state index contributed by atoms with van der Waals surface area (Å²) in [7, 11) is 1.82.